The van der Waals surface area contributed by atoms with Crippen molar-refractivity contribution in [3.8, 4) is 11.5 Å². The third kappa shape index (κ3) is 3.75. The van der Waals surface area contributed by atoms with E-state index < -0.39 is 11.9 Å². The fraction of sp³-hybridized carbons (Fsp3) is 0.280. The summed E-state index contributed by atoms with van der Waals surface area (Å²) in [7, 11) is 2.77. The number of ketones is 1. The lowest BCUT2D eigenvalue weighted by Gasteiger charge is -2.36. The number of carbonyl (C=O) groups excluding carboxylic acids is 2. The number of hydrogen-bond donors (Lipinski definition) is 2. The van der Waals surface area contributed by atoms with Gasteiger partial charge in [-0.15, -0.1) is 0 Å². The molecule has 7 heteroatoms. The average molecular weight is 454 g/mol. The number of ether oxygens (including phenoxy) is 2. The van der Waals surface area contributed by atoms with E-state index in [1.807, 2.05) is 24.3 Å². The fourth-order valence-electron chi connectivity index (χ4n) is 4.65. The number of aromatic hydroxyl groups is 1. The van der Waals surface area contributed by atoms with Gasteiger partial charge in [-0.2, -0.15) is 0 Å². The van der Waals surface area contributed by atoms with Gasteiger partial charge in [0.15, 0.2) is 17.3 Å². The van der Waals surface area contributed by atoms with Gasteiger partial charge in [0.05, 0.1) is 19.8 Å². The number of phenolic OH excluding ortho intramolecular Hbond substituents is 1. The van der Waals surface area contributed by atoms with E-state index in [4.69, 9.17) is 21.1 Å². The SMILES string of the molecule is COC(=O)C1=C(C)NC2=C(C(=O)C[C@H](c3ccccc3Cl)C2)[C@H]1c1ccc(O)c(OC)c1. The zero-order valence-electron chi connectivity index (χ0n) is 18.1. The molecular formula is C25H24ClNO5. The second kappa shape index (κ2) is 8.71. The highest BCUT2D eigenvalue weighted by Gasteiger charge is 2.41. The third-order valence-electron chi connectivity index (χ3n) is 6.12. The minimum atomic E-state index is -0.632. The summed E-state index contributed by atoms with van der Waals surface area (Å²) in [6.07, 6.45) is 0.867. The van der Waals surface area contributed by atoms with Crippen LogP contribution in [0.4, 0.5) is 0 Å². The number of nitrogens with one attached hydrogen (secondary N) is 1. The molecule has 0 saturated heterocycles. The van der Waals surface area contributed by atoms with Crippen molar-refractivity contribution in [2.75, 3.05) is 14.2 Å². The number of benzene rings is 2. The molecule has 0 amide bonds. The average Bonchev–Trinajstić information content (AvgIpc) is 2.78. The normalized spacial score (nSPS) is 20.6. The first-order valence-corrected chi connectivity index (χ1v) is 10.7. The van der Waals surface area contributed by atoms with Crippen LogP contribution in [0.3, 0.4) is 0 Å². The molecule has 32 heavy (non-hydrogen) atoms. The van der Waals surface area contributed by atoms with Crippen molar-refractivity contribution in [3.63, 3.8) is 0 Å². The van der Waals surface area contributed by atoms with E-state index in [9.17, 15) is 14.7 Å². The maximum Gasteiger partial charge on any atom is 0.336 e. The number of Topliss-reactive ketones (excluding diaryl/α,β-unsaturated/α-hetero) is 1. The first-order chi connectivity index (χ1) is 15.3. The maximum absolute atomic E-state index is 13.5. The smallest absolute Gasteiger partial charge is 0.336 e. The topological polar surface area (TPSA) is 84.9 Å². The van der Waals surface area contributed by atoms with Gasteiger partial charge < -0.3 is 19.9 Å². The zero-order chi connectivity index (χ0) is 23.0. The fourth-order valence-corrected chi connectivity index (χ4v) is 4.94. The largest absolute Gasteiger partial charge is 0.504 e. The van der Waals surface area contributed by atoms with Crippen LogP contribution in [-0.2, 0) is 14.3 Å². The summed E-state index contributed by atoms with van der Waals surface area (Å²) in [5.41, 5.74) is 3.89. The summed E-state index contributed by atoms with van der Waals surface area (Å²) in [6.45, 7) is 1.80. The summed E-state index contributed by atoms with van der Waals surface area (Å²) in [4.78, 5) is 26.2. The molecule has 0 bridgehead atoms. The highest BCUT2D eigenvalue weighted by atomic mass is 35.5. The Hall–Kier alpha value is -3.25. The van der Waals surface area contributed by atoms with Gasteiger partial charge in [-0.1, -0.05) is 35.9 Å². The molecule has 6 nitrogen and oxygen atoms in total. The number of halogens is 1. The van der Waals surface area contributed by atoms with Crippen molar-refractivity contribution in [3.05, 3.63) is 81.2 Å². The van der Waals surface area contributed by atoms with Crippen LogP contribution < -0.4 is 10.1 Å². The number of phenols is 1. The van der Waals surface area contributed by atoms with Crippen molar-refractivity contribution in [2.24, 2.45) is 0 Å². The van der Waals surface area contributed by atoms with E-state index in [0.717, 1.165) is 11.3 Å². The molecule has 1 aliphatic heterocycles. The van der Waals surface area contributed by atoms with Gasteiger partial charge in [-0.3, -0.25) is 4.79 Å². The standard InChI is InChI=1S/C25H24ClNO5/c1-13-22(25(30)32-3)23(14-8-9-19(28)21(12-14)31-2)24-18(27-13)10-15(11-20(24)29)16-6-4-5-7-17(16)26/h4-9,12,15,23,27-28H,10-11H2,1-3H3/t15-,23+/m1/s1. The summed E-state index contributed by atoms with van der Waals surface area (Å²) < 4.78 is 10.3. The zero-order valence-corrected chi connectivity index (χ0v) is 18.8. The van der Waals surface area contributed by atoms with Gasteiger partial charge >= 0.3 is 5.97 Å². The second-order valence-corrected chi connectivity index (χ2v) is 8.37. The Kier molecular flexibility index (Phi) is 5.98. The van der Waals surface area contributed by atoms with E-state index in [2.05, 4.69) is 5.32 Å². The molecule has 2 aliphatic rings. The lowest BCUT2D eigenvalue weighted by Crippen LogP contribution is -2.36. The van der Waals surface area contributed by atoms with Crippen molar-refractivity contribution in [1.82, 2.24) is 5.32 Å². The number of rotatable bonds is 4. The number of esters is 1. The van der Waals surface area contributed by atoms with Gasteiger partial charge in [-0.25, -0.2) is 4.79 Å². The van der Waals surface area contributed by atoms with Crippen LogP contribution in [0.15, 0.2) is 65.0 Å². The molecule has 0 radical (unpaired) electrons. The summed E-state index contributed by atoms with van der Waals surface area (Å²) >= 11 is 6.41. The maximum atomic E-state index is 13.5. The molecule has 2 aromatic rings. The minimum Gasteiger partial charge on any atom is -0.504 e. The van der Waals surface area contributed by atoms with Crippen molar-refractivity contribution in [1.29, 1.82) is 0 Å². The molecule has 0 aromatic heterocycles. The van der Waals surface area contributed by atoms with E-state index in [0.29, 0.717) is 33.9 Å². The molecule has 0 spiro atoms. The van der Waals surface area contributed by atoms with Crippen LogP contribution in [0.2, 0.25) is 5.02 Å². The third-order valence-corrected chi connectivity index (χ3v) is 6.46. The Bertz CT molecular complexity index is 1170. The molecule has 1 aliphatic carbocycles. The van der Waals surface area contributed by atoms with E-state index >= 15 is 0 Å². The highest BCUT2D eigenvalue weighted by molar-refractivity contribution is 6.31. The summed E-state index contributed by atoms with van der Waals surface area (Å²) in [5, 5.41) is 14.0. The van der Waals surface area contributed by atoms with Crippen LogP contribution in [0.1, 0.15) is 42.7 Å². The molecule has 0 unspecified atom stereocenters. The van der Waals surface area contributed by atoms with Gasteiger partial charge in [0.2, 0.25) is 0 Å². The van der Waals surface area contributed by atoms with Gasteiger partial charge in [0.1, 0.15) is 0 Å². The lowest BCUT2D eigenvalue weighted by molar-refractivity contribution is -0.136. The van der Waals surface area contributed by atoms with Gasteiger partial charge in [-0.05, 0) is 48.6 Å². The lowest BCUT2D eigenvalue weighted by atomic mass is 9.71. The number of allylic oxidation sites excluding steroid dienone is 3. The Morgan fingerprint density at radius 1 is 1.16 bits per heavy atom. The van der Waals surface area contributed by atoms with Crippen LogP contribution in [0.5, 0.6) is 11.5 Å². The van der Waals surface area contributed by atoms with E-state index in [1.165, 1.54) is 20.3 Å². The van der Waals surface area contributed by atoms with Gasteiger partial charge in [0, 0.05) is 34.3 Å². The molecule has 1 heterocycles. The number of hydrogen-bond acceptors (Lipinski definition) is 6. The van der Waals surface area contributed by atoms with E-state index in [1.54, 1.807) is 19.1 Å². The summed E-state index contributed by atoms with van der Waals surface area (Å²) in [5.74, 6) is -1.03. The van der Waals surface area contributed by atoms with Crippen LogP contribution >= 0.6 is 11.6 Å². The number of methoxy groups -OCH3 is 2. The molecule has 4 rings (SSSR count). The van der Waals surface area contributed by atoms with Crippen LogP contribution in [0.25, 0.3) is 0 Å². The number of dihydropyridines is 1. The quantitative estimate of drug-likeness (QED) is 0.659. The molecule has 0 fully saturated rings. The predicted molar refractivity (Wildman–Crippen MR) is 121 cm³/mol. The Morgan fingerprint density at radius 3 is 2.59 bits per heavy atom. The van der Waals surface area contributed by atoms with E-state index in [-0.39, 0.29) is 29.6 Å². The summed E-state index contributed by atoms with van der Waals surface area (Å²) in [6, 6.07) is 12.4. The number of carbonyl (C=O) groups is 2. The van der Waals surface area contributed by atoms with Crippen molar-refractivity contribution >= 4 is 23.4 Å². The second-order valence-electron chi connectivity index (χ2n) is 7.96. The predicted octanol–water partition coefficient (Wildman–Crippen LogP) is 4.59. The first kappa shape index (κ1) is 22.0. The first-order valence-electron chi connectivity index (χ1n) is 10.3. The Morgan fingerprint density at radius 2 is 1.91 bits per heavy atom. The monoisotopic (exact) mass is 453 g/mol. The molecule has 2 atom stereocenters. The van der Waals surface area contributed by atoms with Crippen molar-refractivity contribution in [2.45, 2.75) is 31.6 Å². The Labute approximate surface area is 191 Å². The highest BCUT2D eigenvalue weighted by Crippen LogP contribution is 2.47. The van der Waals surface area contributed by atoms with Crippen molar-refractivity contribution < 1.29 is 24.2 Å². The minimum absolute atomic E-state index is 0.0199. The molecule has 2 N–H and O–H groups in total. The molecular weight excluding hydrogens is 430 g/mol. The molecule has 2 aromatic carbocycles. The Balaban J connectivity index is 1.84. The van der Waals surface area contributed by atoms with Crippen LogP contribution in [0, 0.1) is 0 Å². The van der Waals surface area contributed by atoms with Gasteiger partial charge in [0.25, 0.3) is 0 Å². The molecule has 0 saturated carbocycles. The molecule has 166 valence electrons. The van der Waals surface area contributed by atoms with Crippen LogP contribution in [-0.4, -0.2) is 31.1 Å².